The smallest absolute Gasteiger partial charge is 0.175 e. The zero-order chi connectivity index (χ0) is 11.7. The van der Waals surface area contributed by atoms with Crippen LogP contribution in [0.5, 0.6) is 0 Å². The number of rotatable bonds is 3. The summed E-state index contributed by atoms with van der Waals surface area (Å²) in [5.74, 6) is 0. The quantitative estimate of drug-likeness (QED) is 0.735. The Morgan fingerprint density at radius 3 is 1.93 bits per heavy atom. The van der Waals surface area contributed by atoms with Gasteiger partial charge in [-0.3, -0.25) is 0 Å². The summed E-state index contributed by atoms with van der Waals surface area (Å²) in [6.07, 6.45) is 2.01. The van der Waals surface area contributed by atoms with E-state index in [4.69, 9.17) is 0 Å². The topological polar surface area (TPSA) is 51.2 Å². The highest BCUT2D eigenvalue weighted by Crippen LogP contribution is 2.21. The van der Waals surface area contributed by atoms with Crippen LogP contribution in [0.2, 0.25) is 0 Å². The van der Waals surface area contributed by atoms with Crippen molar-refractivity contribution in [1.29, 1.82) is 0 Å². The molecular weight excluding hydrogens is 212 g/mol. The predicted octanol–water partition coefficient (Wildman–Crippen LogP) is 1.57. The summed E-state index contributed by atoms with van der Waals surface area (Å²) in [6, 6.07) is 6.39. The molecule has 0 fully saturated rings. The molecular formula is C11H14O3S. The van der Waals surface area contributed by atoms with E-state index in [0.29, 0.717) is 0 Å². The number of hydrogen-bond acceptors (Lipinski definition) is 3. The van der Waals surface area contributed by atoms with Gasteiger partial charge >= 0.3 is 0 Å². The molecule has 0 aliphatic heterocycles. The maximum Gasteiger partial charge on any atom is 0.175 e. The first-order valence-electron chi connectivity index (χ1n) is 4.54. The Morgan fingerprint density at radius 1 is 1.13 bits per heavy atom. The van der Waals surface area contributed by atoms with Gasteiger partial charge in [-0.1, -0.05) is 12.1 Å². The minimum absolute atomic E-state index is 0.271. The van der Waals surface area contributed by atoms with Gasteiger partial charge in [-0.25, -0.2) is 8.42 Å². The molecule has 0 amide bonds. The van der Waals surface area contributed by atoms with Crippen molar-refractivity contribution < 1.29 is 13.2 Å². The molecule has 0 aliphatic rings. The standard InChI is InChI=1S/C11H14O3S/c1-11(2,8-12)9-4-6-10(7-5-9)15(3,13)14/h4-8H,1-3H3. The lowest BCUT2D eigenvalue weighted by atomic mass is 9.87. The van der Waals surface area contributed by atoms with Crippen LogP contribution in [-0.4, -0.2) is 21.0 Å². The van der Waals surface area contributed by atoms with Crippen molar-refractivity contribution in [3.63, 3.8) is 0 Å². The van der Waals surface area contributed by atoms with E-state index in [0.717, 1.165) is 18.1 Å². The Balaban J connectivity index is 3.17. The molecule has 1 rings (SSSR count). The largest absolute Gasteiger partial charge is 0.302 e. The lowest BCUT2D eigenvalue weighted by Gasteiger charge is -2.17. The van der Waals surface area contributed by atoms with Crippen molar-refractivity contribution in [2.45, 2.75) is 24.2 Å². The van der Waals surface area contributed by atoms with Crippen LogP contribution in [0.4, 0.5) is 0 Å². The molecule has 0 heterocycles. The van der Waals surface area contributed by atoms with Crippen LogP contribution < -0.4 is 0 Å². The van der Waals surface area contributed by atoms with E-state index in [1.807, 2.05) is 0 Å². The minimum Gasteiger partial charge on any atom is -0.302 e. The molecule has 0 spiro atoms. The Hall–Kier alpha value is -1.16. The minimum atomic E-state index is -3.16. The molecule has 0 aromatic heterocycles. The summed E-state index contributed by atoms with van der Waals surface area (Å²) in [5, 5.41) is 0. The SMILES string of the molecule is CC(C)(C=O)c1ccc(S(C)(=O)=O)cc1. The molecule has 1 aromatic carbocycles. The Bertz CT molecular complexity index is 455. The molecule has 0 saturated carbocycles. The Kier molecular flexibility index (Phi) is 3.00. The molecule has 4 heteroatoms. The number of benzene rings is 1. The Morgan fingerprint density at radius 2 is 1.60 bits per heavy atom. The lowest BCUT2D eigenvalue weighted by Crippen LogP contribution is -2.18. The maximum absolute atomic E-state index is 11.2. The monoisotopic (exact) mass is 226 g/mol. The summed E-state index contributed by atoms with van der Waals surface area (Å²) in [7, 11) is -3.16. The number of carbonyl (C=O) groups is 1. The van der Waals surface area contributed by atoms with Crippen molar-refractivity contribution in [3.8, 4) is 0 Å². The molecule has 0 saturated heterocycles. The molecule has 0 unspecified atom stereocenters. The third-order valence-corrected chi connectivity index (χ3v) is 3.45. The second-order valence-electron chi connectivity index (χ2n) is 4.14. The van der Waals surface area contributed by atoms with Gasteiger partial charge in [-0.15, -0.1) is 0 Å². The average molecular weight is 226 g/mol. The first-order chi connectivity index (χ1) is 6.77. The predicted molar refractivity (Wildman–Crippen MR) is 58.6 cm³/mol. The average Bonchev–Trinajstić information content (AvgIpc) is 2.17. The van der Waals surface area contributed by atoms with E-state index in [1.54, 1.807) is 26.0 Å². The first kappa shape index (κ1) is 11.9. The molecule has 1 aromatic rings. The summed E-state index contributed by atoms with van der Waals surface area (Å²) in [6.45, 7) is 3.57. The number of sulfone groups is 1. The highest BCUT2D eigenvalue weighted by molar-refractivity contribution is 7.90. The van der Waals surface area contributed by atoms with Crippen LogP contribution in [0.25, 0.3) is 0 Å². The lowest BCUT2D eigenvalue weighted by molar-refractivity contribution is -0.111. The van der Waals surface area contributed by atoms with Gasteiger partial charge in [0.15, 0.2) is 9.84 Å². The second-order valence-corrected chi connectivity index (χ2v) is 6.15. The number of aldehydes is 1. The first-order valence-corrected chi connectivity index (χ1v) is 6.43. The fraction of sp³-hybridized carbons (Fsp3) is 0.364. The van der Waals surface area contributed by atoms with Crippen molar-refractivity contribution in [1.82, 2.24) is 0 Å². The fourth-order valence-corrected chi connectivity index (χ4v) is 1.83. The van der Waals surface area contributed by atoms with Crippen molar-refractivity contribution in [3.05, 3.63) is 29.8 Å². The highest BCUT2D eigenvalue weighted by atomic mass is 32.2. The third-order valence-electron chi connectivity index (χ3n) is 2.32. The molecule has 0 N–H and O–H groups in total. The molecule has 3 nitrogen and oxygen atoms in total. The van der Waals surface area contributed by atoms with Crippen LogP contribution in [0.1, 0.15) is 19.4 Å². The van der Waals surface area contributed by atoms with Gasteiger partial charge in [0.1, 0.15) is 6.29 Å². The van der Waals surface area contributed by atoms with Crippen molar-refractivity contribution in [2.24, 2.45) is 0 Å². The van der Waals surface area contributed by atoms with Gasteiger partial charge in [-0.2, -0.15) is 0 Å². The summed E-state index contributed by atoms with van der Waals surface area (Å²) >= 11 is 0. The second kappa shape index (κ2) is 3.77. The van der Waals surface area contributed by atoms with Gasteiger partial charge in [0.25, 0.3) is 0 Å². The molecule has 15 heavy (non-hydrogen) atoms. The van der Waals surface area contributed by atoms with Gasteiger partial charge in [-0.05, 0) is 31.5 Å². The van der Waals surface area contributed by atoms with Crippen LogP contribution in [-0.2, 0) is 20.0 Å². The fourth-order valence-electron chi connectivity index (χ4n) is 1.20. The van der Waals surface area contributed by atoms with Gasteiger partial charge in [0, 0.05) is 11.7 Å². The van der Waals surface area contributed by atoms with Gasteiger partial charge in [0.05, 0.1) is 4.90 Å². The van der Waals surface area contributed by atoms with E-state index >= 15 is 0 Å². The molecule has 82 valence electrons. The van der Waals surface area contributed by atoms with Gasteiger partial charge in [0.2, 0.25) is 0 Å². The summed E-state index contributed by atoms with van der Waals surface area (Å²) < 4.78 is 22.4. The molecule has 0 atom stereocenters. The molecule has 0 aliphatic carbocycles. The van der Waals surface area contributed by atoms with Crippen molar-refractivity contribution >= 4 is 16.1 Å². The van der Waals surface area contributed by atoms with E-state index in [9.17, 15) is 13.2 Å². The third kappa shape index (κ3) is 2.65. The van der Waals surface area contributed by atoms with E-state index in [2.05, 4.69) is 0 Å². The maximum atomic E-state index is 11.2. The van der Waals surface area contributed by atoms with Gasteiger partial charge < -0.3 is 4.79 Å². The van der Waals surface area contributed by atoms with Crippen LogP contribution in [0.3, 0.4) is 0 Å². The zero-order valence-electron chi connectivity index (χ0n) is 9.02. The summed E-state index contributed by atoms with van der Waals surface area (Å²) in [4.78, 5) is 11.1. The molecule has 0 radical (unpaired) electrons. The summed E-state index contributed by atoms with van der Waals surface area (Å²) in [5.41, 5.74) is 0.237. The molecule has 0 bridgehead atoms. The highest BCUT2D eigenvalue weighted by Gasteiger charge is 2.19. The number of hydrogen-bond donors (Lipinski definition) is 0. The van der Waals surface area contributed by atoms with E-state index in [1.165, 1.54) is 12.1 Å². The van der Waals surface area contributed by atoms with Crippen LogP contribution in [0, 0.1) is 0 Å². The number of carbonyl (C=O) groups excluding carboxylic acids is 1. The van der Waals surface area contributed by atoms with Crippen LogP contribution >= 0.6 is 0 Å². The van der Waals surface area contributed by atoms with Crippen LogP contribution in [0.15, 0.2) is 29.2 Å². The normalized spacial score (nSPS) is 12.5. The Labute approximate surface area is 90.0 Å². The zero-order valence-corrected chi connectivity index (χ0v) is 9.84. The van der Waals surface area contributed by atoms with E-state index < -0.39 is 15.3 Å². The van der Waals surface area contributed by atoms with Crippen molar-refractivity contribution in [2.75, 3.05) is 6.26 Å². The van der Waals surface area contributed by atoms with E-state index in [-0.39, 0.29) is 4.90 Å².